The van der Waals surface area contributed by atoms with Crippen LogP contribution < -0.4 is 15.8 Å². The highest BCUT2D eigenvalue weighted by Crippen LogP contribution is 2.25. The zero-order chi connectivity index (χ0) is 24.3. The summed E-state index contributed by atoms with van der Waals surface area (Å²) in [7, 11) is 0. The van der Waals surface area contributed by atoms with Crippen molar-refractivity contribution in [1.29, 1.82) is 0 Å². The molecule has 3 aromatic rings. The monoisotopic (exact) mass is 472 g/mol. The summed E-state index contributed by atoms with van der Waals surface area (Å²) in [6.07, 6.45) is -0.0447. The zero-order valence-corrected chi connectivity index (χ0v) is 19.8. The van der Waals surface area contributed by atoms with Gasteiger partial charge in [-0.2, -0.15) is 0 Å². The second-order valence-corrected chi connectivity index (χ2v) is 8.52. The van der Waals surface area contributed by atoms with Gasteiger partial charge in [0.15, 0.2) is 0 Å². The average molecular weight is 473 g/mol. The summed E-state index contributed by atoms with van der Waals surface area (Å²) in [6, 6.07) is 29.9. The lowest BCUT2D eigenvalue weighted by Crippen LogP contribution is -2.48. The molecule has 0 unspecified atom stereocenters. The van der Waals surface area contributed by atoms with Crippen LogP contribution in [0.3, 0.4) is 0 Å². The molecule has 0 bridgehead atoms. The third-order valence-corrected chi connectivity index (χ3v) is 6.08. The SMILES string of the molecule is O=C(CCN1CCN(c2ccccc2)CC1)NNC(=O)COC(c1ccccc1)c1ccccc1. The van der Waals surface area contributed by atoms with E-state index in [1.54, 1.807) is 0 Å². The fourth-order valence-corrected chi connectivity index (χ4v) is 4.17. The Kier molecular flexibility index (Phi) is 8.86. The van der Waals surface area contributed by atoms with Gasteiger partial charge >= 0.3 is 0 Å². The van der Waals surface area contributed by atoms with Crippen LogP contribution in [0.4, 0.5) is 5.69 Å². The summed E-state index contributed by atoms with van der Waals surface area (Å²) in [4.78, 5) is 29.2. The third kappa shape index (κ3) is 7.40. The van der Waals surface area contributed by atoms with E-state index in [-0.39, 0.29) is 18.6 Å². The molecule has 0 aromatic heterocycles. The third-order valence-electron chi connectivity index (χ3n) is 6.08. The van der Waals surface area contributed by atoms with Crippen LogP contribution in [0.25, 0.3) is 0 Å². The lowest BCUT2D eigenvalue weighted by molar-refractivity contribution is -0.132. The van der Waals surface area contributed by atoms with Crippen molar-refractivity contribution >= 4 is 17.5 Å². The molecule has 1 aliphatic rings. The van der Waals surface area contributed by atoms with E-state index < -0.39 is 5.91 Å². The molecule has 2 N–H and O–H groups in total. The molecular weight excluding hydrogens is 440 g/mol. The van der Waals surface area contributed by atoms with Crippen LogP contribution in [0.5, 0.6) is 0 Å². The van der Waals surface area contributed by atoms with Gasteiger partial charge in [-0.1, -0.05) is 78.9 Å². The van der Waals surface area contributed by atoms with Crippen molar-refractivity contribution in [2.45, 2.75) is 12.5 Å². The first-order chi connectivity index (χ1) is 17.2. The summed E-state index contributed by atoms with van der Waals surface area (Å²) in [5.74, 6) is -0.613. The Morgan fingerprint density at radius 1 is 0.714 bits per heavy atom. The molecule has 0 spiro atoms. The van der Waals surface area contributed by atoms with Crippen LogP contribution >= 0.6 is 0 Å². The molecule has 1 heterocycles. The highest BCUT2D eigenvalue weighted by atomic mass is 16.5. The molecule has 3 aromatic carbocycles. The number of amides is 2. The van der Waals surface area contributed by atoms with Gasteiger partial charge in [-0.15, -0.1) is 0 Å². The predicted molar refractivity (Wildman–Crippen MR) is 137 cm³/mol. The number of piperazine rings is 1. The van der Waals surface area contributed by atoms with Gasteiger partial charge in [0.05, 0.1) is 0 Å². The first-order valence-electron chi connectivity index (χ1n) is 12.0. The van der Waals surface area contributed by atoms with E-state index >= 15 is 0 Å². The second kappa shape index (κ2) is 12.7. The van der Waals surface area contributed by atoms with Crippen molar-refractivity contribution in [2.75, 3.05) is 44.2 Å². The van der Waals surface area contributed by atoms with Crippen LogP contribution in [0, 0.1) is 0 Å². The van der Waals surface area contributed by atoms with E-state index in [1.807, 2.05) is 66.7 Å². The molecule has 0 aliphatic carbocycles. The Morgan fingerprint density at radius 2 is 1.23 bits per heavy atom. The van der Waals surface area contributed by atoms with Gasteiger partial charge in [-0.25, -0.2) is 0 Å². The van der Waals surface area contributed by atoms with E-state index in [4.69, 9.17) is 4.74 Å². The molecule has 4 rings (SSSR count). The summed E-state index contributed by atoms with van der Waals surface area (Å²) >= 11 is 0. The fourth-order valence-electron chi connectivity index (χ4n) is 4.17. The van der Waals surface area contributed by atoms with Gasteiger partial charge in [0.2, 0.25) is 5.91 Å². The zero-order valence-electron chi connectivity index (χ0n) is 19.8. The summed E-state index contributed by atoms with van der Waals surface area (Å²) in [5, 5.41) is 0. The summed E-state index contributed by atoms with van der Waals surface area (Å²) in [5.41, 5.74) is 8.13. The van der Waals surface area contributed by atoms with Crippen LogP contribution in [0.2, 0.25) is 0 Å². The fraction of sp³-hybridized carbons (Fsp3) is 0.286. The molecule has 1 aliphatic heterocycles. The topological polar surface area (TPSA) is 73.9 Å². The highest BCUT2D eigenvalue weighted by Gasteiger charge is 2.19. The second-order valence-electron chi connectivity index (χ2n) is 8.52. The standard InChI is InChI=1S/C28H32N4O3/c33-26(16-17-31-18-20-32(21-19-31)25-14-8-3-9-15-25)29-30-27(34)22-35-28(23-10-4-1-5-11-23)24-12-6-2-7-13-24/h1-15,28H,16-22H2,(H,29,33)(H,30,34). The van der Waals surface area contributed by atoms with Crippen molar-refractivity contribution in [3.05, 3.63) is 102 Å². The van der Waals surface area contributed by atoms with Gasteiger partial charge in [-0.3, -0.25) is 25.3 Å². The van der Waals surface area contributed by atoms with E-state index in [0.717, 1.165) is 37.3 Å². The number of hydrogen-bond acceptors (Lipinski definition) is 5. The Morgan fingerprint density at radius 3 is 1.80 bits per heavy atom. The van der Waals surface area contributed by atoms with Gasteiger partial charge in [0.1, 0.15) is 12.7 Å². The lowest BCUT2D eigenvalue weighted by atomic mass is 10.0. The minimum atomic E-state index is -0.397. The number of hydrazine groups is 1. The smallest absolute Gasteiger partial charge is 0.264 e. The maximum atomic E-state index is 12.3. The maximum Gasteiger partial charge on any atom is 0.264 e. The number of anilines is 1. The molecule has 1 saturated heterocycles. The summed E-state index contributed by atoms with van der Waals surface area (Å²) in [6.45, 7) is 4.17. The Balaban J connectivity index is 1.16. The Bertz CT molecular complexity index is 1020. The predicted octanol–water partition coefficient (Wildman–Crippen LogP) is 3.15. The summed E-state index contributed by atoms with van der Waals surface area (Å²) < 4.78 is 5.93. The van der Waals surface area contributed by atoms with Crippen molar-refractivity contribution in [2.24, 2.45) is 0 Å². The van der Waals surface area contributed by atoms with Crippen LogP contribution in [0.1, 0.15) is 23.7 Å². The maximum absolute atomic E-state index is 12.3. The number of benzene rings is 3. The largest absolute Gasteiger partial charge is 0.369 e. The van der Waals surface area contributed by atoms with Gasteiger partial charge < -0.3 is 9.64 Å². The lowest BCUT2D eigenvalue weighted by Gasteiger charge is -2.36. The van der Waals surface area contributed by atoms with Crippen LogP contribution in [-0.2, 0) is 14.3 Å². The van der Waals surface area contributed by atoms with E-state index in [1.165, 1.54) is 5.69 Å². The first kappa shape index (κ1) is 24.4. The highest BCUT2D eigenvalue weighted by molar-refractivity contribution is 5.82. The molecule has 7 heteroatoms. The normalized spacial score (nSPS) is 14.0. The van der Waals surface area contributed by atoms with Crippen molar-refractivity contribution in [3.63, 3.8) is 0 Å². The number of para-hydroxylation sites is 1. The quantitative estimate of drug-likeness (QED) is 0.468. The minimum Gasteiger partial charge on any atom is -0.369 e. The molecule has 0 radical (unpaired) electrons. The average Bonchev–Trinajstić information content (AvgIpc) is 2.93. The Labute approximate surface area is 206 Å². The molecule has 35 heavy (non-hydrogen) atoms. The van der Waals surface area contributed by atoms with E-state index in [9.17, 15) is 9.59 Å². The van der Waals surface area contributed by atoms with Crippen molar-refractivity contribution in [3.8, 4) is 0 Å². The first-order valence-corrected chi connectivity index (χ1v) is 12.0. The molecule has 7 nitrogen and oxygen atoms in total. The van der Waals surface area contributed by atoms with Gasteiger partial charge in [0.25, 0.3) is 5.91 Å². The number of carbonyl (C=O) groups is 2. The molecule has 1 fully saturated rings. The molecule has 2 amide bonds. The number of hydrogen-bond donors (Lipinski definition) is 2. The number of nitrogens with one attached hydrogen (secondary N) is 2. The van der Waals surface area contributed by atoms with Crippen molar-refractivity contribution in [1.82, 2.24) is 15.8 Å². The minimum absolute atomic E-state index is 0.170. The van der Waals surface area contributed by atoms with E-state index in [2.05, 4.69) is 44.9 Å². The number of nitrogens with zero attached hydrogens (tertiary/aromatic N) is 2. The number of ether oxygens (including phenoxy) is 1. The molecule has 0 saturated carbocycles. The van der Waals surface area contributed by atoms with Crippen molar-refractivity contribution < 1.29 is 14.3 Å². The molecule has 0 atom stereocenters. The Hall–Kier alpha value is -3.68. The molecule has 182 valence electrons. The van der Waals surface area contributed by atoms with Crippen LogP contribution in [-0.4, -0.2) is 56.0 Å². The van der Waals surface area contributed by atoms with Gasteiger partial charge in [0, 0.05) is 44.8 Å². The van der Waals surface area contributed by atoms with E-state index in [0.29, 0.717) is 13.0 Å². The number of carbonyl (C=O) groups excluding carboxylic acids is 2. The number of rotatable bonds is 9. The van der Waals surface area contributed by atoms with Crippen LogP contribution in [0.15, 0.2) is 91.0 Å². The van der Waals surface area contributed by atoms with Gasteiger partial charge in [-0.05, 0) is 23.3 Å². The molecular formula is C28H32N4O3.